The molecule has 0 atom stereocenters. The Morgan fingerprint density at radius 1 is 1.10 bits per heavy atom. The number of sulfone groups is 1. The highest BCUT2D eigenvalue weighted by Crippen LogP contribution is 2.31. The maximum absolute atomic E-state index is 13.0. The number of hydrogen-bond donors (Lipinski definition) is 0. The van der Waals surface area contributed by atoms with Crippen LogP contribution in [0.3, 0.4) is 0 Å². The molecule has 0 aliphatic carbocycles. The summed E-state index contributed by atoms with van der Waals surface area (Å²) in [7, 11) is -3.12. The van der Waals surface area contributed by atoms with Crippen LogP contribution in [0.5, 0.6) is 11.5 Å². The van der Waals surface area contributed by atoms with E-state index in [1.54, 1.807) is 30.0 Å². The lowest BCUT2D eigenvalue weighted by Crippen LogP contribution is -2.34. The van der Waals surface area contributed by atoms with Gasteiger partial charge in [-0.15, -0.1) is 13.2 Å². The summed E-state index contributed by atoms with van der Waals surface area (Å²) in [4.78, 5) is 14.6. The average molecular weight is 457 g/mol. The van der Waals surface area contributed by atoms with E-state index in [0.29, 0.717) is 35.4 Å². The number of alkyl halides is 3. The Labute approximate surface area is 178 Å². The van der Waals surface area contributed by atoms with Crippen LogP contribution in [-0.2, 0) is 9.84 Å². The first-order chi connectivity index (χ1) is 14.6. The summed E-state index contributed by atoms with van der Waals surface area (Å²) < 4.78 is 69.9. The summed E-state index contributed by atoms with van der Waals surface area (Å²) in [6.45, 7) is 2.48. The Morgan fingerprint density at radius 3 is 2.42 bits per heavy atom. The number of amides is 1. The fourth-order valence-electron chi connectivity index (χ4n) is 3.22. The van der Waals surface area contributed by atoms with E-state index >= 15 is 0 Å². The number of rotatable bonds is 7. The molecular weight excluding hydrogens is 435 g/mol. The number of hydrogen-bond acceptors (Lipinski definition) is 5. The molecule has 1 amide bonds. The maximum Gasteiger partial charge on any atom is 0.573 e. The van der Waals surface area contributed by atoms with Gasteiger partial charge in [0.1, 0.15) is 27.9 Å². The molecule has 1 heterocycles. The van der Waals surface area contributed by atoms with E-state index in [9.17, 15) is 26.4 Å². The molecule has 10 heteroatoms. The largest absolute Gasteiger partial charge is 0.573 e. The molecule has 6 nitrogen and oxygen atoms in total. The summed E-state index contributed by atoms with van der Waals surface area (Å²) in [6.07, 6.45) is -4.44. The van der Waals surface area contributed by atoms with Crippen molar-refractivity contribution in [1.82, 2.24) is 4.90 Å². The van der Waals surface area contributed by atoms with Crippen LogP contribution < -0.4 is 9.47 Å². The lowest BCUT2D eigenvalue weighted by molar-refractivity contribution is -0.274. The first kappa shape index (κ1) is 22.9. The van der Waals surface area contributed by atoms with Crippen LogP contribution in [0.25, 0.3) is 11.1 Å². The molecule has 1 aliphatic heterocycles. The minimum Gasteiger partial charge on any atom is -0.491 e. The van der Waals surface area contributed by atoms with Crippen molar-refractivity contribution in [3.05, 3.63) is 48.0 Å². The quantitative estimate of drug-likeness (QED) is 0.630. The topological polar surface area (TPSA) is 72.9 Å². The van der Waals surface area contributed by atoms with Gasteiger partial charge in [0, 0.05) is 12.3 Å². The molecule has 3 rings (SSSR count). The Bertz CT molecular complexity index is 1040. The zero-order chi connectivity index (χ0) is 22.6. The van der Waals surface area contributed by atoms with Crippen molar-refractivity contribution < 1.29 is 35.9 Å². The van der Waals surface area contributed by atoms with Crippen molar-refractivity contribution >= 4 is 15.7 Å². The third kappa shape index (κ3) is 6.13. The molecule has 168 valence electrons. The van der Waals surface area contributed by atoms with Crippen LogP contribution in [-0.4, -0.2) is 56.8 Å². The van der Waals surface area contributed by atoms with Crippen LogP contribution in [0, 0.1) is 0 Å². The van der Waals surface area contributed by atoms with Crippen molar-refractivity contribution in [2.75, 3.05) is 31.2 Å². The fraction of sp³-hybridized carbons (Fsp3) is 0.381. The van der Waals surface area contributed by atoms with Crippen molar-refractivity contribution in [2.45, 2.75) is 19.7 Å². The SMILES string of the molecule is CCS(=O)(=O)CCCN1CCOc2ccc(-c3ccc(OC(F)(F)F)cc3)cc2C1=O. The van der Waals surface area contributed by atoms with Gasteiger partial charge in [-0.05, 0) is 41.8 Å². The second-order valence-corrected chi connectivity index (χ2v) is 9.49. The Morgan fingerprint density at radius 2 is 1.77 bits per heavy atom. The predicted molar refractivity (Wildman–Crippen MR) is 109 cm³/mol. The Hall–Kier alpha value is -2.75. The lowest BCUT2D eigenvalue weighted by Gasteiger charge is -2.20. The number of halogens is 3. The van der Waals surface area contributed by atoms with Gasteiger partial charge in [-0.1, -0.05) is 25.1 Å². The van der Waals surface area contributed by atoms with Gasteiger partial charge < -0.3 is 14.4 Å². The van der Waals surface area contributed by atoms with Gasteiger partial charge in [-0.3, -0.25) is 4.79 Å². The minimum atomic E-state index is -4.77. The van der Waals surface area contributed by atoms with Crippen LogP contribution in [0.4, 0.5) is 13.2 Å². The van der Waals surface area contributed by atoms with Gasteiger partial charge in [0.05, 0.1) is 17.9 Å². The molecule has 0 unspecified atom stereocenters. The van der Waals surface area contributed by atoms with Crippen molar-refractivity contribution in [3.8, 4) is 22.6 Å². The molecule has 0 fully saturated rings. The Kier molecular flexibility index (Phi) is 6.78. The fourth-order valence-corrected chi connectivity index (χ4v) is 4.08. The third-order valence-electron chi connectivity index (χ3n) is 4.86. The first-order valence-corrected chi connectivity index (χ1v) is 11.5. The zero-order valence-corrected chi connectivity index (χ0v) is 17.6. The second kappa shape index (κ2) is 9.17. The molecule has 0 saturated carbocycles. The summed E-state index contributed by atoms with van der Waals surface area (Å²) >= 11 is 0. The van der Waals surface area contributed by atoms with Gasteiger partial charge in [0.2, 0.25) is 0 Å². The molecule has 31 heavy (non-hydrogen) atoms. The number of nitrogens with zero attached hydrogens (tertiary/aromatic N) is 1. The first-order valence-electron chi connectivity index (χ1n) is 9.71. The van der Waals surface area contributed by atoms with Crippen molar-refractivity contribution in [3.63, 3.8) is 0 Å². The van der Waals surface area contributed by atoms with Crippen LogP contribution in [0.1, 0.15) is 23.7 Å². The van der Waals surface area contributed by atoms with Crippen LogP contribution in [0.15, 0.2) is 42.5 Å². The lowest BCUT2D eigenvalue weighted by atomic mass is 10.0. The van der Waals surface area contributed by atoms with Gasteiger partial charge >= 0.3 is 6.36 Å². The normalized spacial score (nSPS) is 14.6. The molecule has 0 N–H and O–H groups in total. The van der Waals surface area contributed by atoms with Crippen LogP contribution in [0.2, 0.25) is 0 Å². The average Bonchev–Trinajstić information content (AvgIpc) is 2.86. The molecule has 0 radical (unpaired) electrons. The van der Waals surface area contributed by atoms with Gasteiger partial charge in [0.15, 0.2) is 0 Å². The van der Waals surface area contributed by atoms with Crippen molar-refractivity contribution in [1.29, 1.82) is 0 Å². The highest BCUT2D eigenvalue weighted by molar-refractivity contribution is 7.91. The standard InChI is InChI=1S/C21H22F3NO5S/c1-2-31(27,28)13-3-10-25-11-12-29-19-9-6-16(14-18(19)20(25)26)15-4-7-17(8-5-15)30-21(22,23)24/h4-9,14H,2-3,10-13H2,1H3. The van der Waals surface area contributed by atoms with E-state index in [0.717, 1.165) is 0 Å². The predicted octanol–water partition coefficient (Wildman–Crippen LogP) is 3.91. The maximum atomic E-state index is 13.0. The number of carbonyl (C=O) groups excluding carboxylic acids is 1. The summed E-state index contributed by atoms with van der Waals surface area (Å²) in [5.41, 5.74) is 1.56. The Balaban J connectivity index is 1.78. The number of fused-ring (bicyclic) bond motifs is 1. The van der Waals surface area contributed by atoms with E-state index in [2.05, 4.69) is 4.74 Å². The van der Waals surface area contributed by atoms with E-state index < -0.39 is 16.2 Å². The van der Waals surface area contributed by atoms with Crippen molar-refractivity contribution in [2.24, 2.45) is 0 Å². The molecule has 0 aromatic heterocycles. The highest BCUT2D eigenvalue weighted by atomic mass is 32.2. The number of ether oxygens (including phenoxy) is 2. The van der Waals surface area contributed by atoms with E-state index in [1.165, 1.54) is 24.3 Å². The monoisotopic (exact) mass is 457 g/mol. The summed E-state index contributed by atoms with van der Waals surface area (Å²) in [5, 5.41) is 0. The molecule has 0 saturated heterocycles. The van der Waals surface area contributed by atoms with E-state index in [1.807, 2.05) is 0 Å². The molecule has 0 spiro atoms. The van der Waals surface area contributed by atoms with Crippen LogP contribution >= 0.6 is 0 Å². The zero-order valence-electron chi connectivity index (χ0n) is 16.8. The molecule has 2 aromatic rings. The van der Waals surface area contributed by atoms with Gasteiger partial charge in [0.25, 0.3) is 5.91 Å². The smallest absolute Gasteiger partial charge is 0.491 e. The summed E-state index contributed by atoms with van der Waals surface area (Å²) in [5.74, 6) is -0.135. The van der Waals surface area contributed by atoms with E-state index in [-0.39, 0.29) is 36.3 Å². The second-order valence-electron chi connectivity index (χ2n) is 7.01. The third-order valence-corrected chi connectivity index (χ3v) is 6.65. The molecular formula is C21H22F3NO5S. The molecule has 2 aromatic carbocycles. The summed E-state index contributed by atoms with van der Waals surface area (Å²) in [6, 6.07) is 10.3. The molecule has 1 aliphatic rings. The van der Waals surface area contributed by atoms with E-state index in [4.69, 9.17) is 4.74 Å². The minimum absolute atomic E-state index is 0.00732. The van der Waals surface area contributed by atoms with Gasteiger partial charge in [-0.25, -0.2) is 8.42 Å². The highest BCUT2D eigenvalue weighted by Gasteiger charge is 2.31. The van der Waals surface area contributed by atoms with Gasteiger partial charge in [-0.2, -0.15) is 0 Å². The number of carbonyl (C=O) groups is 1. The number of benzene rings is 2. The molecule has 0 bridgehead atoms.